The molecule has 0 aliphatic carbocycles. The molecule has 1 fully saturated rings. The van der Waals surface area contributed by atoms with Crippen molar-refractivity contribution in [2.24, 2.45) is 5.10 Å². The van der Waals surface area contributed by atoms with Gasteiger partial charge in [-0.25, -0.2) is 9.66 Å². The van der Waals surface area contributed by atoms with Crippen LogP contribution < -0.4 is 5.73 Å². The quantitative estimate of drug-likeness (QED) is 0.869. The lowest BCUT2D eigenvalue weighted by Crippen LogP contribution is -2.35. The molecule has 0 unspecified atom stereocenters. The second-order valence-electron chi connectivity index (χ2n) is 5.42. The third kappa shape index (κ3) is 3.52. The molecule has 0 atom stereocenters. The van der Waals surface area contributed by atoms with Crippen molar-refractivity contribution in [3.63, 3.8) is 0 Å². The molecule has 22 heavy (non-hydrogen) atoms. The van der Waals surface area contributed by atoms with E-state index >= 15 is 0 Å². The molecular formula is C16H21N5O. The van der Waals surface area contributed by atoms with Gasteiger partial charge >= 0.3 is 0 Å². The van der Waals surface area contributed by atoms with Crippen molar-refractivity contribution in [1.29, 1.82) is 0 Å². The standard InChI is InChI=1S/C16H21N5O/c1-13-11-21(16(17)19-13)18-10-14-4-2-3-5-15(14)12-20-6-8-22-9-7-20/h2-5,10-11H,6-9,12H2,1H3,(H2,17,19). The molecule has 0 amide bonds. The van der Waals surface area contributed by atoms with Gasteiger partial charge < -0.3 is 10.5 Å². The molecule has 2 N–H and O–H groups in total. The third-order valence-corrected chi connectivity index (χ3v) is 3.71. The molecule has 6 heteroatoms. The van der Waals surface area contributed by atoms with Gasteiger partial charge in [0.15, 0.2) is 0 Å². The fourth-order valence-corrected chi connectivity index (χ4v) is 2.53. The number of imidazole rings is 1. The molecule has 6 nitrogen and oxygen atoms in total. The molecule has 2 heterocycles. The lowest BCUT2D eigenvalue weighted by molar-refractivity contribution is 0.0342. The predicted octanol–water partition coefficient (Wildman–Crippen LogP) is 1.49. The summed E-state index contributed by atoms with van der Waals surface area (Å²) < 4.78 is 6.99. The Labute approximate surface area is 130 Å². The first kappa shape index (κ1) is 14.7. The summed E-state index contributed by atoms with van der Waals surface area (Å²) in [6.07, 6.45) is 3.66. The van der Waals surface area contributed by atoms with Crippen molar-refractivity contribution < 1.29 is 4.74 Å². The van der Waals surface area contributed by atoms with E-state index in [0.29, 0.717) is 5.95 Å². The van der Waals surface area contributed by atoms with Crippen LogP contribution in [0, 0.1) is 6.92 Å². The van der Waals surface area contributed by atoms with E-state index in [4.69, 9.17) is 10.5 Å². The second kappa shape index (κ2) is 6.72. The van der Waals surface area contributed by atoms with Gasteiger partial charge in [0.05, 0.1) is 31.3 Å². The molecule has 2 aromatic rings. The predicted molar refractivity (Wildman–Crippen MR) is 86.9 cm³/mol. The smallest absolute Gasteiger partial charge is 0.221 e. The van der Waals surface area contributed by atoms with Gasteiger partial charge in [-0.3, -0.25) is 4.90 Å². The van der Waals surface area contributed by atoms with Crippen molar-refractivity contribution in [3.8, 4) is 0 Å². The Hall–Kier alpha value is -2.18. The third-order valence-electron chi connectivity index (χ3n) is 3.71. The van der Waals surface area contributed by atoms with E-state index in [1.54, 1.807) is 4.68 Å². The Bertz CT molecular complexity index is 658. The Balaban J connectivity index is 1.77. The molecule has 1 saturated heterocycles. The first-order valence-electron chi connectivity index (χ1n) is 7.46. The van der Waals surface area contributed by atoms with Crippen molar-refractivity contribution >= 4 is 12.2 Å². The van der Waals surface area contributed by atoms with Gasteiger partial charge in [0.2, 0.25) is 5.95 Å². The zero-order chi connectivity index (χ0) is 15.4. The minimum absolute atomic E-state index is 0.402. The number of anilines is 1. The lowest BCUT2D eigenvalue weighted by atomic mass is 10.1. The molecule has 0 radical (unpaired) electrons. The Morgan fingerprint density at radius 3 is 2.82 bits per heavy atom. The van der Waals surface area contributed by atoms with Crippen LogP contribution in [-0.2, 0) is 11.3 Å². The maximum atomic E-state index is 5.81. The number of aromatic nitrogens is 2. The van der Waals surface area contributed by atoms with E-state index in [1.807, 2.05) is 25.4 Å². The zero-order valence-electron chi connectivity index (χ0n) is 12.8. The minimum atomic E-state index is 0.402. The fraction of sp³-hybridized carbons (Fsp3) is 0.375. The molecule has 3 rings (SSSR count). The van der Waals surface area contributed by atoms with Gasteiger partial charge in [-0.15, -0.1) is 0 Å². The first-order chi connectivity index (χ1) is 10.7. The Kier molecular flexibility index (Phi) is 4.50. The molecule has 1 aliphatic heterocycles. The van der Waals surface area contributed by atoms with Gasteiger partial charge in [0.1, 0.15) is 0 Å². The highest BCUT2D eigenvalue weighted by atomic mass is 16.5. The largest absolute Gasteiger partial charge is 0.379 e. The summed E-state index contributed by atoms with van der Waals surface area (Å²) in [6, 6.07) is 8.29. The maximum absolute atomic E-state index is 5.81. The summed E-state index contributed by atoms with van der Waals surface area (Å²) in [5.74, 6) is 0.402. The molecule has 1 aliphatic rings. The molecule has 1 aromatic heterocycles. The summed E-state index contributed by atoms with van der Waals surface area (Å²) in [5.41, 5.74) is 9.02. The normalized spacial score (nSPS) is 16.4. The fourth-order valence-electron chi connectivity index (χ4n) is 2.53. The summed E-state index contributed by atoms with van der Waals surface area (Å²) in [7, 11) is 0. The number of rotatable bonds is 4. The molecule has 1 aromatic carbocycles. The van der Waals surface area contributed by atoms with Crippen LogP contribution in [-0.4, -0.2) is 47.1 Å². The number of benzene rings is 1. The number of nitrogens with zero attached hydrogens (tertiary/aromatic N) is 4. The number of nitrogens with two attached hydrogens (primary N) is 1. The highest BCUT2D eigenvalue weighted by Gasteiger charge is 2.12. The van der Waals surface area contributed by atoms with Crippen LogP contribution in [0.25, 0.3) is 0 Å². The highest BCUT2D eigenvalue weighted by Crippen LogP contribution is 2.12. The number of ether oxygens (including phenoxy) is 1. The van der Waals surface area contributed by atoms with Crippen molar-refractivity contribution in [2.45, 2.75) is 13.5 Å². The lowest BCUT2D eigenvalue weighted by Gasteiger charge is -2.27. The van der Waals surface area contributed by atoms with E-state index in [-0.39, 0.29) is 0 Å². The van der Waals surface area contributed by atoms with Gasteiger partial charge in [-0.1, -0.05) is 24.3 Å². The van der Waals surface area contributed by atoms with E-state index in [9.17, 15) is 0 Å². The highest BCUT2D eigenvalue weighted by molar-refractivity contribution is 5.81. The topological polar surface area (TPSA) is 68.7 Å². The molecule has 0 spiro atoms. The van der Waals surface area contributed by atoms with Crippen LogP contribution in [0.1, 0.15) is 16.8 Å². The summed E-state index contributed by atoms with van der Waals surface area (Å²) in [6.45, 7) is 6.36. The summed E-state index contributed by atoms with van der Waals surface area (Å²) >= 11 is 0. The number of morpholine rings is 1. The molecule has 116 valence electrons. The molecular weight excluding hydrogens is 278 g/mol. The number of nitrogen functional groups attached to an aromatic ring is 1. The zero-order valence-corrected chi connectivity index (χ0v) is 12.8. The van der Waals surface area contributed by atoms with Crippen LogP contribution in [0.3, 0.4) is 0 Å². The van der Waals surface area contributed by atoms with E-state index < -0.39 is 0 Å². The van der Waals surface area contributed by atoms with Crippen LogP contribution in [0.4, 0.5) is 5.95 Å². The van der Waals surface area contributed by atoms with Crippen LogP contribution in [0.15, 0.2) is 35.6 Å². The van der Waals surface area contributed by atoms with Gasteiger partial charge in [-0.2, -0.15) is 5.10 Å². The molecule has 0 saturated carbocycles. The van der Waals surface area contributed by atoms with Gasteiger partial charge in [0, 0.05) is 19.6 Å². The van der Waals surface area contributed by atoms with Crippen molar-refractivity contribution in [3.05, 3.63) is 47.3 Å². The first-order valence-corrected chi connectivity index (χ1v) is 7.46. The summed E-state index contributed by atoms with van der Waals surface area (Å²) in [4.78, 5) is 6.54. The summed E-state index contributed by atoms with van der Waals surface area (Å²) in [5, 5.41) is 4.41. The Morgan fingerprint density at radius 2 is 2.09 bits per heavy atom. The van der Waals surface area contributed by atoms with Crippen LogP contribution in [0.2, 0.25) is 0 Å². The Morgan fingerprint density at radius 1 is 1.32 bits per heavy atom. The van der Waals surface area contributed by atoms with Crippen molar-refractivity contribution in [2.75, 3.05) is 32.0 Å². The maximum Gasteiger partial charge on any atom is 0.221 e. The van der Waals surface area contributed by atoms with Gasteiger partial charge in [-0.05, 0) is 18.1 Å². The number of hydrogen-bond donors (Lipinski definition) is 1. The molecule has 0 bridgehead atoms. The average molecular weight is 299 g/mol. The van der Waals surface area contributed by atoms with E-state index in [1.165, 1.54) is 5.56 Å². The van der Waals surface area contributed by atoms with Crippen LogP contribution in [0.5, 0.6) is 0 Å². The minimum Gasteiger partial charge on any atom is -0.379 e. The number of hydrogen-bond acceptors (Lipinski definition) is 5. The van der Waals surface area contributed by atoms with Gasteiger partial charge in [0.25, 0.3) is 0 Å². The van der Waals surface area contributed by atoms with E-state index in [2.05, 4.69) is 33.2 Å². The number of aryl methyl sites for hydroxylation is 1. The second-order valence-corrected chi connectivity index (χ2v) is 5.42. The monoisotopic (exact) mass is 299 g/mol. The van der Waals surface area contributed by atoms with E-state index in [0.717, 1.165) is 44.1 Å². The van der Waals surface area contributed by atoms with Crippen molar-refractivity contribution in [1.82, 2.24) is 14.6 Å². The van der Waals surface area contributed by atoms with Crippen LogP contribution >= 0.6 is 0 Å². The average Bonchev–Trinajstić information content (AvgIpc) is 2.85. The SMILES string of the molecule is Cc1cn(N=Cc2ccccc2CN2CCOCC2)c(N)n1.